The zero-order valence-electron chi connectivity index (χ0n) is 12.7. The normalized spacial score (nSPS) is 12.4. The molecule has 0 fully saturated rings. The maximum atomic E-state index is 14.2. The number of hydrogen-bond acceptors (Lipinski definition) is 3. The summed E-state index contributed by atoms with van der Waals surface area (Å²) >= 11 is 0. The van der Waals surface area contributed by atoms with Gasteiger partial charge in [0.2, 0.25) is 0 Å². The van der Waals surface area contributed by atoms with Gasteiger partial charge in [0.25, 0.3) is 0 Å². The quantitative estimate of drug-likeness (QED) is 0.669. The highest BCUT2D eigenvalue weighted by molar-refractivity contribution is 5.31. The predicted octanol–water partition coefficient (Wildman–Crippen LogP) is 3.17. The molecular formula is C16H26FNO2. The van der Waals surface area contributed by atoms with Gasteiger partial charge in [0.15, 0.2) is 11.6 Å². The van der Waals surface area contributed by atoms with Gasteiger partial charge in [-0.05, 0) is 44.4 Å². The van der Waals surface area contributed by atoms with Gasteiger partial charge in [-0.3, -0.25) is 0 Å². The van der Waals surface area contributed by atoms with E-state index in [1.54, 1.807) is 6.07 Å². The Balaban J connectivity index is 2.67. The molecule has 3 nitrogen and oxygen atoms in total. The molecule has 0 saturated heterocycles. The average molecular weight is 283 g/mol. The lowest BCUT2D eigenvalue weighted by molar-refractivity contribution is 0.136. The molecule has 1 unspecified atom stereocenters. The van der Waals surface area contributed by atoms with E-state index >= 15 is 0 Å². The zero-order chi connectivity index (χ0) is 14.8. The maximum absolute atomic E-state index is 14.2. The number of methoxy groups -OCH3 is 1. The smallest absolute Gasteiger partial charge is 0.168 e. The van der Waals surface area contributed by atoms with Gasteiger partial charge in [-0.1, -0.05) is 19.1 Å². The van der Waals surface area contributed by atoms with E-state index in [1.807, 2.05) is 19.1 Å². The molecule has 4 heteroatoms. The standard InChI is InChI=1S/C16H26FNO2/c1-4-10-18-14(9-11-20-5-2)12-13-7-6-8-15(19-3)16(13)17/h6-8,14,18H,4-5,9-12H2,1-3H3. The molecule has 0 bridgehead atoms. The van der Waals surface area contributed by atoms with Crippen molar-refractivity contribution in [1.82, 2.24) is 5.32 Å². The second-order valence-electron chi connectivity index (χ2n) is 4.77. The summed E-state index contributed by atoms with van der Waals surface area (Å²) in [7, 11) is 1.49. The Labute approximate surface area is 121 Å². The Morgan fingerprint density at radius 1 is 1.30 bits per heavy atom. The minimum atomic E-state index is -0.255. The summed E-state index contributed by atoms with van der Waals surface area (Å²) in [6.45, 7) is 6.45. The van der Waals surface area contributed by atoms with Gasteiger partial charge in [0.1, 0.15) is 0 Å². The second kappa shape index (κ2) is 9.72. The zero-order valence-corrected chi connectivity index (χ0v) is 12.7. The van der Waals surface area contributed by atoms with Gasteiger partial charge >= 0.3 is 0 Å². The van der Waals surface area contributed by atoms with E-state index in [4.69, 9.17) is 9.47 Å². The van der Waals surface area contributed by atoms with Gasteiger partial charge < -0.3 is 14.8 Å². The monoisotopic (exact) mass is 283 g/mol. The molecule has 114 valence electrons. The summed E-state index contributed by atoms with van der Waals surface area (Å²) in [5, 5.41) is 3.45. The van der Waals surface area contributed by atoms with Crippen LogP contribution in [0.3, 0.4) is 0 Å². The van der Waals surface area contributed by atoms with Crippen LogP contribution >= 0.6 is 0 Å². The molecule has 0 saturated carbocycles. The molecule has 1 rings (SSSR count). The number of halogens is 1. The number of nitrogens with one attached hydrogen (secondary N) is 1. The van der Waals surface area contributed by atoms with Crippen molar-refractivity contribution < 1.29 is 13.9 Å². The van der Waals surface area contributed by atoms with Crippen LogP contribution in [0.4, 0.5) is 4.39 Å². The number of benzene rings is 1. The molecule has 0 amide bonds. The molecule has 0 heterocycles. The molecule has 0 aliphatic carbocycles. The van der Waals surface area contributed by atoms with Crippen LogP contribution in [0.5, 0.6) is 5.75 Å². The summed E-state index contributed by atoms with van der Waals surface area (Å²) in [6.07, 6.45) is 2.59. The van der Waals surface area contributed by atoms with Crippen molar-refractivity contribution in [3.05, 3.63) is 29.6 Å². The predicted molar refractivity (Wildman–Crippen MR) is 79.8 cm³/mol. The molecule has 0 radical (unpaired) electrons. The van der Waals surface area contributed by atoms with Crippen LogP contribution in [0, 0.1) is 5.82 Å². The van der Waals surface area contributed by atoms with Crippen molar-refractivity contribution in [3.8, 4) is 5.75 Å². The average Bonchev–Trinajstić information content (AvgIpc) is 2.46. The van der Waals surface area contributed by atoms with E-state index in [1.165, 1.54) is 7.11 Å². The van der Waals surface area contributed by atoms with E-state index < -0.39 is 0 Å². The van der Waals surface area contributed by atoms with E-state index in [-0.39, 0.29) is 11.9 Å². The van der Waals surface area contributed by atoms with E-state index in [0.29, 0.717) is 30.9 Å². The van der Waals surface area contributed by atoms with Crippen LogP contribution in [0.1, 0.15) is 32.3 Å². The molecule has 1 atom stereocenters. The lowest BCUT2D eigenvalue weighted by atomic mass is 10.0. The largest absolute Gasteiger partial charge is 0.494 e. The molecule has 1 N–H and O–H groups in total. The first-order valence-electron chi connectivity index (χ1n) is 7.35. The van der Waals surface area contributed by atoms with Gasteiger partial charge in [0.05, 0.1) is 7.11 Å². The Bertz CT molecular complexity index is 385. The highest BCUT2D eigenvalue weighted by Gasteiger charge is 2.14. The van der Waals surface area contributed by atoms with E-state index in [2.05, 4.69) is 12.2 Å². The lowest BCUT2D eigenvalue weighted by Crippen LogP contribution is -2.33. The van der Waals surface area contributed by atoms with E-state index in [9.17, 15) is 4.39 Å². The summed E-state index contributed by atoms with van der Waals surface area (Å²) in [4.78, 5) is 0. The first kappa shape index (κ1) is 16.9. The van der Waals surface area contributed by atoms with Gasteiger partial charge in [-0.25, -0.2) is 4.39 Å². The second-order valence-corrected chi connectivity index (χ2v) is 4.77. The van der Waals surface area contributed by atoms with Crippen molar-refractivity contribution in [2.75, 3.05) is 26.9 Å². The van der Waals surface area contributed by atoms with Crippen molar-refractivity contribution in [3.63, 3.8) is 0 Å². The Kier molecular flexibility index (Phi) is 8.23. The fourth-order valence-corrected chi connectivity index (χ4v) is 2.13. The molecular weight excluding hydrogens is 257 g/mol. The fourth-order valence-electron chi connectivity index (χ4n) is 2.13. The minimum absolute atomic E-state index is 0.225. The van der Waals surface area contributed by atoms with Crippen LogP contribution in [-0.4, -0.2) is 32.9 Å². The van der Waals surface area contributed by atoms with Gasteiger partial charge in [0, 0.05) is 19.3 Å². The molecule has 0 aromatic heterocycles. The molecule has 1 aromatic carbocycles. The Morgan fingerprint density at radius 2 is 2.10 bits per heavy atom. The highest BCUT2D eigenvalue weighted by Crippen LogP contribution is 2.21. The maximum Gasteiger partial charge on any atom is 0.168 e. The van der Waals surface area contributed by atoms with Crippen LogP contribution < -0.4 is 10.1 Å². The van der Waals surface area contributed by atoms with Crippen molar-refractivity contribution in [2.24, 2.45) is 0 Å². The number of hydrogen-bond donors (Lipinski definition) is 1. The van der Waals surface area contributed by atoms with Crippen LogP contribution in [0.25, 0.3) is 0 Å². The fraction of sp³-hybridized carbons (Fsp3) is 0.625. The summed E-state index contributed by atoms with van der Waals surface area (Å²) in [6, 6.07) is 5.52. The molecule has 0 aliphatic heterocycles. The number of ether oxygens (including phenoxy) is 2. The third kappa shape index (κ3) is 5.47. The highest BCUT2D eigenvalue weighted by atomic mass is 19.1. The SMILES string of the molecule is CCCNC(CCOCC)Cc1cccc(OC)c1F. The first-order chi connectivity index (χ1) is 9.72. The van der Waals surface area contributed by atoms with Gasteiger partial charge in [-0.15, -0.1) is 0 Å². The molecule has 1 aromatic rings. The Hall–Kier alpha value is -1.13. The third-order valence-corrected chi connectivity index (χ3v) is 3.23. The molecule has 20 heavy (non-hydrogen) atoms. The first-order valence-corrected chi connectivity index (χ1v) is 7.35. The van der Waals surface area contributed by atoms with E-state index in [0.717, 1.165) is 19.4 Å². The van der Waals surface area contributed by atoms with Gasteiger partial charge in [-0.2, -0.15) is 0 Å². The molecule has 0 spiro atoms. The van der Waals surface area contributed by atoms with Crippen LogP contribution in [0.2, 0.25) is 0 Å². The third-order valence-electron chi connectivity index (χ3n) is 3.23. The van der Waals surface area contributed by atoms with Crippen molar-refractivity contribution in [2.45, 2.75) is 39.2 Å². The van der Waals surface area contributed by atoms with Crippen molar-refractivity contribution in [1.29, 1.82) is 0 Å². The number of rotatable bonds is 10. The minimum Gasteiger partial charge on any atom is -0.494 e. The Morgan fingerprint density at radius 3 is 2.75 bits per heavy atom. The summed E-state index contributed by atoms with van der Waals surface area (Å²) in [5.41, 5.74) is 0.689. The topological polar surface area (TPSA) is 30.5 Å². The lowest BCUT2D eigenvalue weighted by Gasteiger charge is -2.19. The summed E-state index contributed by atoms with van der Waals surface area (Å²) in [5.74, 6) is 0.0521. The van der Waals surface area contributed by atoms with Crippen LogP contribution in [-0.2, 0) is 11.2 Å². The summed E-state index contributed by atoms with van der Waals surface area (Å²) < 4.78 is 24.6. The van der Waals surface area contributed by atoms with Crippen LogP contribution in [0.15, 0.2) is 18.2 Å². The van der Waals surface area contributed by atoms with Crippen molar-refractivity contribution >= 4 is 0 Å². The molecule has 0 aliphatic rings.